The Morgan fingerprint density at radius 2 is 1.79 bits per heavy atom. The highest BCUT2D eigenvalue weighted by molar-refractivity contribution is 5.76. The Balaban J connectivity index is 1.24. The Morgan fingerprint density at radius 3 is 2.52 bits per heavy atom. The van der Waals surface area contributed by atoms with Crippen molar-refractivity contribution in [1.29, 1.82) is 0 Å². The zero-order chi connectivity index (χ0) is 20.1. The quantitative estimate of drug-likeness (QED) is 0.627. The number of piperidine rings is 1. The number of aromatic nitrogens is 2. The molecule has 0 unspecified atom stereocenters. The first kappa shape index (κ1) is 19.3. The number of rotatable bonds is 6. The van der Waals surface area contributed by atoms with Gasteiger partial charge in [0.25, 0.3) is 0 Å². The van der Waals surface area contributed by atoms with E-state index in [2.05, 4.69) is 34.4 Å². The zero-order valence-corrected chi connectivity index (χ0v) is 16.3. The van der Waals surface area contributed by atoms with E-state index in [0.717, 1.165) is 32.4 Å². The second-order valence-corrected chi connectivity index (χ2v) is 7.53. The lowest BCUT2D eigenvalue weighted by molar-refractivity contribution is -0.132. The summed E-state index contributed by atoms with van der Waals surface area (Å²) < 4.78 is 18.3. The standard InChI is InChI=1S/C23H24FN3O2/c24-20-8-6-19(7-9-20)23-25-21(29-26-23)10-11-22(28)27-14-12-18(13-15-27)16-17-4-2-1-3-5-17/h1-9,18H,10-16H2. The molecule has 0 bridgehead atoms. The van der Waals surface area contributed by atoms with E-state index in [1.807, 2.05) is 11.0 Å². The number of halogens is 1. The summed E-state index contributed by atoms with van der Waals surface area (Å²) in [6.07, 6.45) is 3.92. The van der Waals surface area contributed by atoms with Crippen LogP contribution in [0.1, 0.15) is 30.7 Å². The molecular formula is C23H24FN3O2. The Labute approximate surface area is 169 Å². The SMILES string of the molecule is O=C(CCc1nc(-c2ccc(F)cc2)no1)N1CCC(Cc2ccccc2)CC1. The first-order valence-corrected chi connectivity index (χ1v) is 10.1. The molecule has 1 fully saturated rings. The average molecular weight is 393 g/mol. The molecule has 3 aromatic rings. The monoisotopic (exact) mass is 393 g/mol. The van der Waals surface area contributed by atoms with E-state index < -0.39 is 0 Å². The van der Waals surface area contributed by atoms with E-state index in [1.54, 1.807) is 12.1 Å². The van der Waals surface area contributed by atoms with Crippen LogP contribution in [0.15, 0.2) is 59.1 Å². The second kappa shape index (κ2) is 8.99. The minimum atomic E-state index is -0.310. The largest absolute Gasteiger partial charge is 0.343 e. The Bertz CT molecular complexity index is 932. The molecule has 2 heterocycles. The van der Waals surface area contributed by atoms with Crippen molar-refractivity contribution >= 4 is 5.91 Å². The Kier molecular flexibility index (Phi) is 5.98. The van der Waals surface area contributed by atoms with Gasteiger partial charge in [-0.1, -0.05) is 35.5 Å². The predicted molar refractivity (Wildman–Crippen MR) is 107 cm³/mol. The topological polar surface area (TPSA) is 59.2 Å². The van der Waals surface area contributed by atoms with Gasteiger partial charge in [0, 0.05) is 31.5 Å². The van der Waals surface area contributed by atoms with E-state index >= 15 is 0 Å². The first-order valence-electron chi connectivity index (χ1n) is 10.1. The van der Waals surface area contributed by atoms with Crippen LogP contribution < -0.4 is 0 Å². The first-order chi connectivity index (χ1) is 14.2. The fourth-order valence-corrected chi connectivity index (χ4v) is 3.78. The van der Waals surface area contributed by atoms with Crippen LogP contribution in [0.2, 0.25) is 0 Å². The molecule has 1 amide bonds. The molecule has 1 aliphatic heterocycles. The van der Waals surface area contributed by atoms with Gasteiger partial charge in [-0.3, -0.25) is 4.79 Å². The molecule has 150 valence electrons. The highest BCUT2D eigenvalue weighted by Crippen LogP contribution is 2.22. The van der Waals surface area contributed by atoms with Crippen molar-refractivity contribution in [3.63, 3.8) is 0 Å². The van der Waals surface area contributed by atoms with Crippen LogP contribution in [-0.2, 0) is 17.6 Å². The number of nitrogens with zero attached hydrogens (tertiary/aromatic N) is 3. The molecule has 0 saturated carbocycles. The van der Waals surface area contributed by atoms with E-state index in [0.29, 0.717) is 36.0 Å². The lowest BCUT2D eigenvalue weighted by Crippen LogP contribution is -2.39. The smallest absolute Gasteiger partial charge is 0.227 e. The average Bonchev–Trinajstić information content (AvgIpc) is 3.23. The molecule has 0 aliphatic carbocycles. The number of hydrogen-bond donors (Lipinski definition) is 0. The van der Waals surface area contributed by atoms with Crippen LogP contribution in [0.3, 0.4) is 0 Å². The van der Waals surface area contributed by atoms with E-state index in [9.17, 15) is 9.18 Å². The summed E-state index contributed by atoms with van der Waals surface area (Å²) in [7, 11) is 0. The molecule has 29 heavy (non-hydrogen) atoms. The maximum absolute atomic E-state index is 13.0. The van der Waals surface area contributed by atoms with Crippen molar-refractivity contribution in [3.05, 3.63) is 71.9 Å². The molecule has 5 nitrogen and oxygen atoms in total. The Morgan fingerprint density at radius 1 is 1.07 bits per heavy atom. The van der Waals surface area contributed by atoms with Crippen LogP contribution in [0.5, 0.6) is 0 Å². The van der Waals surface area contributed by atoms with Crippen molar-refractivity contribution < 1.29 is 13.7 Å². The molecule has 0 N–H and O–H groups in total. The number of hydrogen-bond acceptors (Lipinski definition) is 4. The summed E-state index contributed by atoms with van der Waals surface area (Å²) in [5.41, 5.74) is 2.05. The van der Waals surface area contributed by atoms with Crippen LogP contribution in [0, 0.1) is 11.7 Å². The lowest BCUT2D eigenvalue weighted by atomic mass is 9.90. The van der Waals surface area contributed by atoms with Crippen LogP contribution in [0.4, 0.5) is 4.39 Å². The van der Waals surface area contributed by atoms with E-state index in [4.69, 9.17) is 4.52 Å². The molecule has 6 heteroatoms. The third kappa shape index (κ3) is 5.08. The predicted octanol–water partition coefficient (Wildman–Crippen LogP) is 4.29. The molecule has 0 spiro atoms. The number of likely N-dealkylation sites (tertiary alicyclic amines) is 1. The maximum atomic E-state index is 13.0. The van der Waals surface area contributed by atoms with Gasteiger partial charge in [-0.2, -0.15) is 4.98 Å². The minimum absolute atomic E-state index is 0.129. The zero-order valence-electron chi connectivity index (χ0n) is 16.3. The molecule has 0 atom stereocenters. The van der Waals surface area contributed by atoms with Gasteiger partial charge in [-0.25, -0.2) is 4.39 Å². The highest BCUT2D eigenvalue weighted by atomic mass is 19.1. The third-order valence-corrected chi connectivity index (χ3v) is 5.46. The maximum Gasteiger partial charge on any atom is 0.227 e. The fraction of sp³-hybridized carbons (Fsp3) is 0.348. The second-order valence-electron chi connectivity index (χ2n) is 7.53. The van der Waals surface area contributed by atoms with Gasteiger partial charge >= 0.3 is 0 Å². The van der Waals surface area contributed by atoms with Crippen LogP contribution >= 0.6 is 0 Å². The number of benzene rings is 2. The third-order valence-electron chi connectivity index (χ3n) is 5.46. The van der Waals surface area contributed by atoms with E-state index in [-0.39, 0.29) is 11.7 Å². The van der Waals surface area contributed by atoms with Gasteiger partial charge in [-0.05, 0) is 55.0 Å². The van der Waals surface area contributed by atoms with Crippen molar-refractivity contribution in [2.24, 2.45) is 5.92 Å². The van der Waals surface area contributed by atoms with Crippen LogP contribution in [-0.4, -0.2) is 34.0 Å². The van der Waals surface area contributed by atoms with Crippen molar-refractivity contribution in [3.8, 4) is 11.4 Å². The summed E-state index contributed by atoms with van der Waals surface area (Å²) in [4.78, 5) is 18.8. The van der Waals surface area contributed by atoms with E-state index in [1.165, 1.54) is 17.7 Å². The lowest BCUT2D eigenvalue weighted by Gasteiger charge is -2.32. The molecule has 2 aromatic carbocycles. The fourth-order valence-electron chi connectivity index (χ4n) is 3.78. The van der Waals surface area contributed by atoms with Crippen molar-refractivity contribution in [2.45, 2.75) is 32.1 Å². The van der Waals surface area contributed by atoms with Gasteiger partial charge in [0.15, 0.2) is 0 Å². The molecule has 1 saturated heterocycles. The van der Waals surface area contributed by atoms with Crippen molar-refractivity contribution in [1.82, 2.24) is 15.0 Å². The van der Waals surface area contributed by atoms with Gasteiger partial charge in [0.05, 0.1) is 0 Å². The minimum Gasteiger partial charge on any atom is -0.343 e. The van der Waals surface area contributed by atoms with Gasteiger partial charge in [0.1, 0.15) is 5.82 Å². The summed E-state index contributed by atoms with van der Waals surface area (Å²) >= 11 is 0. The molecule has 1 aromatic heterocycles. The number of amides is 1. The van der Waals surface area contributed by atoms with Gasteiger partial charge < -0.3 is 9.42 Å². The summed E-state index contributed by atoms with van der Waals surface area (Å²) in [5.74, 6) is 1.29. The summed E-state index contributed by atoms with van der Waals surface area (Å²) in [6.45, 7) is 1.61. The highest BCUT2D eigenvalue weighted by Gasteiger charge is 2.23. The van der Waals surface area contributed by atoms with Gasteiger partial charge in [0.2, 0.25) is 17.6 Å². The van der Waals surface area contributed by atoms with Crippen molar-refractivity contribution in [2.75, 3.05) is 13.1 Å². The number of carbonyl (C=O) groups excluding carboxylic acids is 1. The molecular weight excluding hydrogens is 369 g/mol. The molecule has 1 aliphatic rings. The Hall–Kier alpha value is -3.02. The number of aryl methyl sites for hydroxylation is 1. The van der Waals surface area contributed by atoms with Crippen LogP contribution in [0.25, 0.3) is 11.4 Å². The summed E-state index contributed by atoms with van der Waals surface area (Å²) in [6, 6.07) is 16.5. The summed E-state index contributed by atoms with van der Waals surface area (Å²) in [5, 5.41) is 3.92. The number of carbonyl (C=O) groups is 1. The molecule has 4 rings (SSSR count). The molecule has 0 radical (unpaired) electrons. The van der Waals surface area contributed by atoms with Gasteiger partial charge in [-0.15, -0.1) is 0 Å². The normalized spacial score (nSPS) is 14.9.